The summed E-state index contributed by atoms with van der Waals surface area (Å²) in [5, 5.41) is 7.39. The molecule has 2 amide bonds. The number of carbonyl (C=O) groups is 2. The van der Waals surface area contributed by atoms with Crippen LogP contribution in [0.15, 0.2) is 60.9 Å². The second-order valence-corrected chi connectivity index (χ2v) is 12.5. The summed E-state index contributed by atoms with van der Waals surface area (Å²) in [4.78, 5) is 34.5. The fourth-order valence-corrected chi connectivity index (χ4v) is 5.94. The minimum Gasteiger partial charge on any atom is -0.444 e. The summed E-state index contributed by atoms with van der Waals surface area (Å²) < 4.78 is 7.27. The van der Waals surface area contributed by atoms with E-state index >= 15 is 0 Å². The summed E-state index contributed by atoms with van der Waals surface area (Å²) in [6.07, 6.45) is 6.26. The average Bonchev–Trinajstić information content (AvgIpc) is 3.43. The van der Waals surface area contributed by atoms with E-state index in [1.165, 1.54) is 11.1 Å². The second-order valence-electron chi connectivity index (χ2n) is 12.5. The number of ether oxygens (including phenoxy) is 1. The summed E-state index contributed by atoms with van der Waals surface area (Å²) in [6.45, 7) is 10.6. The van der Waals surface area contributed by atoms with Crippen molar-refractivity contribution >= 4 is 23.3 Å². The number of rotatable bonds is 3. The number of amides is 2. The van der Waals surface area contributed by atoms with Gasteiger partial charge >= 0.3 is 6.09 Å². The average molecular weight is 591 g/mol. The number of piperazine rings is 1. The molecule has 1 aliphatic carbocycles. The first-order valence-electron chi connectivity index (χ1n) is 15.2. The number of carbonyl (C=O) groups excluding carboxylic acids is 2. The Labute approximate surface area is 258 Å². The Bertz CT molecular complexity index is 1770. The molecule has 2 aromatic heterocycles. The van der Waals surface area contributed by atoms with E-state index in [0.29, 0.717) is 30.0 Å². The number of hydrogen-bond acceptors (Lipinski definition) is 6. The molecule has 1 aliphatic heterocycles. The summed E-state index contributed by atoms with van der Waals surface area (Å²) in [5.74, 6) is 6.24. The van der Waals surface area contributed by atoms with Crippen LogP contribution in [0.2, 0.25) is 0 Å². The normalized spacial score (nSPS) is 17.0. The molecule has 44 heavy (non-hydrogen) atoms. The van der Waals surface area contributed by atoms with Crippen molar-refractivity contribution in [1.82, 2.24) is 24.4 Å². The van der Waals surface area contributed by atoms with E-state index in [2.05, 4.69) is 38.2 Å². The standard InChI is InChI=1S/C35H38N6O3/c1-24-10-13-28(22-25(24)11-14-29-23-36-32-9-6-16-37-41(29)32)38-33(42)27-12-15-30-26(21-27)7-5-8-31(30)39-17-19-40(20-18-39)34(43)44-35(2,3)4/h6,9-10,12-13,15-16,21-23,31H,5,7-8,17-20H2,1-4H3,(H,38,42). The van der Waals surface area contributed by atoms with E-state index in [1.54, 1.807) is 21.8 Å². The highest BCUT2D eigenvalue weighted by Crippen LogP contribution is 2.35. The topological polar surface area (TPSA) is 92.1 Å². The molecule has 1 N–H and O–H groups in total. The van der Waals surface area contributed by atoms with E-state index in [9.17, 15) is 9.59 Å². The van der Waals surface area contributed by atoms with Gasteiger partial charge in [0.15, 0.2) is 5.65 Å². The van der Waals surface area contributed by atoms with Crippen molar-refractivity contribution in [2.75, 3.05) is 31.5 Å². The summed E-state index contributed by atoms with van der Waals surface area (Å²) >= 11 is 0. The van der Waals surface area contributed by atoms with E-state index in [0.717, 1.165) is 49.1 Å². The summed E-state index contributed by atoms with van der Waals surface area (Å²) in [7, 11) is 0. The van der Waals surface area contributed by atoms with Crippen LogP contribution >= 0.6 is 0 Å². The van der Waals surface area contributed by atoms with Crippen LogP contribution in [0.1, 0.15) is 78.0 Å². The zero-order valence-corrected chi connectivity index (χ0v) is 25.8. The highest BCUT2D eigenvalue weighted by atomic mass is 16.6. The van der Waals surface area contributed by atoms with Crippen LogP contribution in [0.4, 0.5) is 10.5 Å². The first-order valence-corrected chi connectivity index (χ1v) is 15.2. The quantitative estimate of drug-likeness (QED) is 0.312. The summed E-state index contributed by atoms with van der Waals surface area (Å²) in [5.41, 5.74) is 6.64. The first-order chi connectivity index (χ1) is 21.1. The lowest BCUT2D eigenvalue weighted by molar-refractivity contribution is 0.00926. The molecule has 0 radical (unpaired) electrons. The van der Waals surface area contributed by atoms with E-state index in [-0.39, 0.29) is 18.0 Å². The third-order valence-corrected chi connectivity index (χ3v) is 8.19. The van der Waals surface area contributed by atoms with Gasteiger partial charge in [0.25, 0.3) is 5.91 Å². The van der Waals surface area contributed by atoms with E-state index < -0.39 is 5.60 Å². The monoisotopic (exact) mass is 590 g/mol. The van der Waals surface area contributed by atoms with E-state index in [4.69, 9.17) is 4.74 Å². The van der Waals surface area contributed by atoms with Gasteiger partial charge in [-0.15, -0.1) is 0 Å². The number of nitrogens with zero attached hydrogens (tertiary/aromatic N) is 5. The number of benzene rings is 2. The van der Waals surface area contributed by atoms with Gasteiger partial charge in [0.05, 0.1) is 6.20 Å². The Hall–Kier alpha value is -4.68. The van der Waals surface area contributed by atoms with Crippen molar-refractivity contribution in [3.63, 3.8) is 0 Å². The Morgan fingerprint density at radius 3 is 2.64 bits per heavy atom. The number of imidazole rings is 1. The number of fused-ring (bicyclic) bond motifs is 2. The molecule has 1 fully saturated rings. The maximum Gasteiger partial charge on any atom is 0.410 e. The van der Waals surface area contributed by atoms with Gasteiger partial charge in [-0.2, -0.15) is 5.10 Å². The second kappa shape index (κ2) is 12.1. The highest BCUT2D eigenvalue weighted by Gasteiger charge is 2.32. The van der Waals surface area contributed by atoms with Crippen LogP contribution in [-0.4, -0.2) is 68.2 Å². The van der Waals surface area contributed by atoms with Crippen molar-refractivity contribution < 1.29 is 14.3 Å². The van der Waals surface area contributed by atoms with Gasteiger partial charge in [0, 0.05) is 55.2 Å². The Morgan fingerprint density at radius 1 is 1.02 bits per heavy atom. The van der Waals surface area contributed by atoms with Crippen molar-refractivity contribution in [2.45, 2.75) is 58.6 Å². The minimum atomic E-state index is -0.495. The molecule has 0 bridgehead atoms. The Kier molecular flexibility index (Phi) is 8.11. The highest BCUT2D eigenvalue weighted by molar-refractivity contribution is 6.04. The summed E-state index contributed by atoms with van der Waals surface area (Å²) in [6, 6.07) is 15.9. The lowest BCUT2D eigenvalue weighted by Crippen LogP contribution is -2.51. The third-order valence-electron chi connectivity index (χ3n) is 8.19. The molecular formula is C35H38N6O3. The minimum absolute atomic E-state index is 0.144. The zero-order chi connectivity index (χ0) is 30.8. The van der Waals surface area contributed by atoms with Crippen LogP contribution in [0, 0.1) is 18.8 Å². The Morgan fingerprint density at radius 2 is 1.84 bits per heavy atom. The number of hydrogen-bond donors (Lipinski definition) is 1. The predicted molar refractivity (Wildman–Crippen MR) is 170 cm³/mol. The van der Waals surface area contributed by atoms with Gasteiger partial charge in [0.2, 0.25) is 0 Å². The maximum absolute atomic E-state index is 13.3. The number of aryl methyl sites for hydroxylation is 2. The molecule has 1 atom stereocenters. The molecule has 1 saturated heterocycles. The van der Waals surface area contributed by atoms with Crippen molar-refractivity contribution in [3.8, 4) is 11.8 Å². The van der Waals surface area contributed by atoms with Crippen LogP contribution in [-0.2, 0) is 11.2 Å². The molecule has 4 aromatic rings. The van der Waals surface area contributed by atoms with E-state index in [1.807, 2.05) is 70.2 Å². The largest absolute Gasteiger partial charge is 0.444 e. The molecule has 9 nitrogen and oxygen atoms in total. The molecule has 3 heterocycles. The lowest BCUT2D eigenvalue weighted by atomic mass is 9.85. The number of nitrogens with one attached hydrogen (secondary N) is 1. The zero-order valence-electron chi connectivity index (χ0n) is 25.8. The van der Waals surface area contributed by atoms with Crippen molar-refractivity contribution in [2.24, 2.45) is 0 Å². The lowest BCUT2D eigenvalue weighted by Gasteiger charge is -2.41. The predicted octanol–water partition coefficient (Wildman–Crippen LogP) is 5.62. The fourth-order valence-electron chi connectivity index (χ4n) is 5.94. The van der Waals surface area contributed by atoms with Gasteiger partial charge in [-0.1, -0.05) is 18.1 Å². The smallest absolute Gasteiger partial charge is 0.410 e. The van der Waals surface area contributed by atoms with Gasteiger partial charge in [-0.25, -0.2) is 14.3 Å². The van der Waals surface area contributed by atoms with Gasteiger partial charge < -0.3 is 15.0 Å². The van der Waals surface area contributed by atoms with Crippen LogP contribution in [0.25, 0.3) is 5.65 Å². The fraction of sp³-hybridized carbons (Fsp3) is 0.371. The molecule has 2 aliphatic rings. The van der Waals surface area contributed by atoms with Crippen molar-refractivity contribution in [1.29, 1.82) is 0 Å². The van der Waals surface area contributed by atoms with Crippen LogP contribution < -0.4 is 5.32 Å². The molecular weight excluding hydrogens is 552 g/mol. The van der Waals surface area contributed by atoms with Crippen LogP contribution in [0.3, 0.4) is 0 Å². The number of anilines is 1. The first kappa shape index (κ1) is 29.4. The molecule has 0 spiro atoms. The molecule has 9 heteroatoms. The number of aromatic nitrogens is 3. The van der Waals surface area contributed by atoms with Crippen LogP contribution in [0.5, 0.6) is 0 Å². The molecule has 1 unspecified atom stereocenters. The molecule has 2 aromatic carbocycles. The van der Waals surface area contributed by atoms with Gasteiger partial charge in [-0.3, -0.25) is 9.69 Å². The maximum atomic E-state index is 13.3. The SMILES string of the molecule is Cc1ccc(NC(=O)c2ccc3c(c2)CCCC3N2CCN(C(=O)OC(C)(C)C)CC2)cc1C#Cc1cnc2cccnn12. The van der Waals surface area contributed by atoms with Crippen molar-refractivity contribution in [3.05, 3.63) is 94.4 Å². The van der Waals surface area contributed by atoms with Gasteiger partial charge in [-0.05, 0) is 106 Å². The molecule has 0 saturated carbocycles. The Balaban J connectivity index is 1.12. The van der Waals surface area contributed by atoms with Gasteiger partial charge in [0.1, 0.15) is 11.3 Å². The molecule has 6 rings (SSSR count). The molecule has 226 valence electrons. The third kappa shape index (κ3) is 6.46.